The number of hydrogen-bond donors (Lipinski definition) is 5. The van der Waals surface area contributed by atoms with Crippen molar-refractivity contribution in [3.63, 3.8) is 0 Å². The van der Waals surface area contributed by atoms with Crippen LogP contribution in [0.4, 0.5) is 0 Å². The van der Waals surface area contributed by atoms with E-state index in [1.54, 1.807) is 0 Å². The normalized spacial score (nSPS) is 16.4. The van der Waals surface area contributed by atoms with Crippen LogP contribution >= 0.6 is 15.6 Å². The topological polar surface area (TPSA) is 157 Å². The van der Waals surface area contributed by atoms with E-state index in [9.17, 15) is 9.13 Å². The summed E-state index contributed by atoms with van der Waals surface area (Å²) in [5.41, 5.74) is 0. The Morgan fingerprint density at radius 2 is 1.44 bits per heavy atom. The van der Waals surface area contributed by atoms with Gasteiger partial charge in [-0.3, -0.25) is 0 Å². The van der Waals surface area contributed by atoms with E-state index in [1.165, 1.54) is 0 Å². The molecular formula is C4H13NO9P2. The van der Waals surface area contributed by atoms with Crippen LogP contribution in [-0.4, -0.2) is 56.3 Å². The first-order chi connectivity index (χ1) is 7.20. The van der Waals surface area contributed by atoms with Gasteiger partial charge >= 0.3 is 15.6 Å². The molecule has 0 amide bonds. The first-order valence-corrected chi connectivity index (χ1v) is 6.99. The smallest absolute Gasteiger partial charge is 0.395 e. The molecule has 1 unspecified atom stereocenters. The molecular weight excluding hydrogens is 268 g/mol. The van der Waals surface area contributed by atoms with Gasteiger partial charge in [0.15, 0.2) is 0 Å². The number of phosphoric acid groups is 2. The van der Waals surface area contributed by atoms with Crippen molar-refractivity contribution in [2.75, 3.05) is 26.3 Å². The van der Waals surface area contributed by atoms with Gasteiger partial charge in [0.2, 0.25) is 0 Å². The van der Waals surface area contributed by atoms with Crippen molar-refractivity contribution in [3.8, 4) is 0 Å². The summed E-state index contributed by atoms with van der Waals surface area (Å²) in [4.78, 5) is 25.5. The molecule has 0 saturated carbocycles. The third kappa shape index (κ3) is 8.31. The van der Waals surface area contributed by atoms with Crippen molar-refractivity contribution in [2.24, 2.45) is 0 Å². The maximum atomic E-state index is 11.0. The van der Waals surface area contributed by atoms with Crippen LogP contribution in [0, 0.1) is 0 Å². The van der Waals surface area contributed by atoms with Gasteiger partial charge in [-0.1, -0.05) is 0 Å². The second kappa shape index (κ2) is 6.77. The van der Waals surface area contributed by atoms with E-state index in [0.29, 0.717) is 5.06 Å². The molecule has 0 bridgehead atoms. The minimum absolute atomic E-state index is 0.240. The fourth-order valence-electron chi connectivity index (χ4n) is 0.712. The number of aliphatic hydroxyl groups is 2. The Balaban J connectivity index is 4.40. The average Bonchev–Trinajstić information content (AvgIpc) is 1.98. The van der Waals surface area contributed by atoms with Gasteiger partial charge in [0.25, 0.3) is 0 Å². The minimum Gasteiger partial charge on any atom is -0.395 e. The molecule has 0 spiro atoms. The first-order valence-electron chi connectivity index (χ1n) is 3.96. The monoisotopic (exact) mass is 281 g/mol. The zero-order valence-corrected chi connectivity index (χ0v) is 9.83. The van der Waals surface area contributed by atoms with Crippen molar-refractivity contribution < 1.29 is 43.0 Å². The van der Waals surface area contributed by atoms with Gasteiger partial charge in [-0.15, -0.1) is 0 Å². The third-order valence-corrected chi connectivity index (χ3v) is 3.24. The summed E-state index contributed by atoms with van der Waals surface area (Å²) in [7, 11) is -10.2. The van der Waals surface area contributed by atoms with E-state index in [0.717, 1.165) is 0 Å². The van der Waals surface area contributed by atoms with E-state index >= 15 is 0 Å². The molecule has 5 N–H and O–H groups in total. The maximum absolute atomic E-state index is 11.0. The zero-order valence-electron chi connectivity index (χ0n) is 8.04. The van der Waals surface area contributed by atoms with Gasteiger partial charge in [0, 0.05) is 13.1 Å². The summed E-state index contributed by atoms with van der Waals surface area (Å²) in [5, 5.41) is 17.7. The van der Waals surface area contributed by atoms with Crippen LogP contribution in [-0.2, 0) is 18.1 Å². The summed E-state index contributed by atoms with van der Waals surface area (Å²) < 4.78 is 29.0. The van der Waals surface area contributed by atoms with Gasteiger partial charge in [-0.2, -0.15) is 14.0 Å². The molecule has 0 rings (SSSR count). The van der Waals surface area contributed by atoms with Crippen LogP contribution in [0.2, 0.25) is 0 Å². The van der Waals surface area contributed by atoms with E-state index in [2.05, 4.69) is 8.94 Å². The zero-order chi connectivity index (χ0) is 12.8. The molecule has 1 atom stereocenters. The largest absolute Gasteiger partial charge is 0.497 e. The average molecular weight is 281 g/mol. The highest BCUT2D eigenvalue weighted by molar-refractivity contribution is 7.60. The Bertz CT molecular complexity index is 283. The Hall–Kier alpha value is 0.140. The number of hydroxylamine groups is 2. The maximum Gasteiger partial charge on any atom is 0.497 e. The van der Waals surface area contributed by atoms with Crippen molar-refractivity contribution in [3.05, 3.63) is 0 Å². The lowest BCUT2D eigenvalue weighted by Gasteiger charge is -2.21. The van der Waals surface area contributed by atoms with Gasteiger partial charge in [0.1, 0.15) is 0 Å². The molecule has 0 aliphatic heterocycles. The molecule has 0 heterocycles. The lowest BCUT2D eigenvalue weighted by Crippen LogP contribution is -2.29. The van der Waals surface area contributed by atoms with Crippen LogP contribution in [0.1, 0.15) is 0 Å². The Morgan fingerprint density at radius 1 is 1.00 bits per heavy atom. The van der Waals surface area contributed by atoms with E-state index < -0.39 is 28.9 Å². The van der Waals surface area contributed by atoms with Crippen molar-refractivity contribution in [1.29, 1.82) is 0 Å². The fourth-order valence-corrected chi connectivity index (χ4v) is 2.36. The lowest BCUT2D eigenvalue weighted by atomic mass is 10.6. The molecule has 0 aliphatic carbocycles. The van der Waals surface area contributed by atoms with E-state index in [-0.39, 0.29) is 13.1 Å². The van der Waals surface area contributed by atoms with Crippen molar-refractivity contribution in [1.82, 2.24) is 5.06 Å². The predicted molar refractivity (Wildman–Crippen MR) is 49.8 cm³/mol. The SMILES string of the molecule is O=P(O)(O)OP(=O)(O)ON(CCO)CCO. The number of nitrogens with zero attached hydrogens (tertiary/aromatic N) is 1. The molecule has 98 valence electrons. The highest BCUT2D eigenvalue weighted by Crippen LogP contribution is 2.57. The number of rotatable bonds is 8. The van der Waals surface area contributed by atoms with Crippen LogP contribution in [0.15, 0.2) is 0 Å². The molecule has 0 aromatic rings. The summed E-state index contributed by atoms with van der Waals surface area (Å²) in [5.74, 6) is 0. The molecule has 0 saturated heterocycles. The van der Waals surface area contributed by atoms with Gasteiger partial charge < -0.3 is 24.9 Å². The number of hydrogen-bond acceptors (Lipinski definition) is 7. The van der Waals surface area contributed by atoms with Crippen molar-refractivity contribution >= 4 is 15.6 Å². The van der Waals surface area contributed by atoms with Gasteiger partial charge in [0.05, 0.1) is 13.2 Å². The van der Waals surface area contributed by atoms with Gasteiger partial charge in [-0.25, -0.2) is 9.13 Å². The quantitative estimate of drug-likeness (QED) is 0.259. The van der Waals surface area contributed by atoms with Crippen LogP contribution in [0.5, 0.6) is 0 Å². The Kier molecular flexibility index (Phi) is 6.83. The Morgan fingerprint density at radius 3 is 1.75 bits per heavy atom. The summed E-state index contributed by atoms with van der Waals surface area (Å²) in [6, 6.07) is 0. The molecule has 0 radical (unpaired) electrons. The van der Waals surface area contributed by atoms with Crippen LogP contribution in [0.3, 0.4) is 0 Å². The molecule has 12 heteroatoms. The minimum atomic E-state index is -5.17. The van der Waals surface area contributed by atoms with E-state index in [1.807, 2.05) is 0 Å². The highest BCUT2D eigenvalue weighted by atomic mass is 31.3. The first kappa shape index (κ1) is 16.1. The van der Waals surface area contributed by atoms with Crippen molar-refractivity contribution in [2.45, 2.75) is 0 Å². The summed E-state index contributed by atoms with van der Waals surface area (Å²) >= 11 is 0. The number of aliphatic hydroxyl groups excluding tert-OH is 2. The lowest BCUT2D eigenvalue weighted by molar-refractivity contribution is -0.0944. The Labute approximate surface area is 90.8 Å². The van der Waals surface area contributed by atoms with Crippen LogP contribution in [0.25, 0.3) is 0 Å². The van der Waals surface area contributed by atoms with E-state index in [4.69, 9.17) is 24.9 Å². The fraction of sp³-hybridized carbons (Fsp3) is 1.00. The third-order valence-electron chi connectivity index (χ3n) is 1.13. The molecule has 0 aromatic heterocycles. The van der Waals surface area contributed by atoms with Gasteiger partial charge in [-0.05, 0) is 0 Å². The second-order valence-corrected chi connectivity index (χ2v) is 5.23. The molecule has 0 aliphatic rings. The predicted octanol–water partition coefficient (Wildman–Crippen LogP) is -1.59. The van der Waals surface area contributed by atoms with Crippen LogP contribution < -0.4 is 0 Å². The summed E-state index contributed by atoms with van der Waals surface area (Å²) in [6.45, 7) is -1.38. The highest BCUT2D eigenvalue weighted by Gasteiger charge is 2.34. The molecule has 10 nitrogen and oxygen atoms in total. The molecule has 16 heavy (non-hydrogen) atoms. The summed E-state index contributed by atoms with van der Waals surface area (Å²) in [6.07, 6.45) is 0. The molecule has 0 aromatic carbocycles. The molecule has 0 fully saturated rings. The standard InChI is InChI=1S/C4H13NO9P2/c6-3-1-5(2-4-7)13-16(11,12)14-15(8,9)10/h6-7H,1-4H2,(H,11,12)(H2,8,9,10). The second-order valence-electron chi connectivity index (χ2n) is 2.50.